The first kappa shape index (κ1) is 20.3. The van der Waals surface area contributed by atoms with Crippen molar-refractivity contribution in [1.82, 2.24) is 10.3 Å². The number of hydrogen-bond donors (Lipinski definition) is 2. The number of fused-ring (bicyclic) bond motifs is 2. The lowest BCUT2D eigenvalue weighted by molar-refractivity contribution is 0.0975. The maximum absolute atomic E-state index is 13.0. The molecule has 1 aromatic heterocycles. The number of amides is 1. The smallest absolute Gasteiger partial charge is 0.261 e. The zero-order valence-electron chi connectivity index (χ0n) is 16.3. The van der Waals surface area contributed by atoms with E-state index in [1.54, 1.807) is 6.07 Å². The summed E-state index contributed by atoms with van der Waals surface area (Å²) >= 11 is 8.95. The van der Waals surface area contributed by atoms with Crippen LogP contribution in [0.1, 0.15) is 16.1 Å². The quantitative estimate of drug-likeness (QED) is 0.374. The number of carbonyl (C=O) groups excluding carboxylic acids is 1. The Hall–Kier alpha value is -3.03. The van der Waals surface area contributed by atoms with Gasteiger partial charge in [0.25, 0.3) is 5.91 Å². The highest BCUT2D eigenvalue weighted by Gasteiger charge is 2.19. The number of carbonyl (C=O) groups is 1. The molecule has 0 saturated heterocycles. The van der Waals surface area contributed by atoms with Crippen LogP contribution in [0.2, 0.25) is 0 Å². The fourth-order valence-electron chi connectivity index (χ4n) is 3.32. The molecule has 30 heavy (non-hydrogen) atoms. The Labute approximate surface area is 187 Å². The van der Waals surface area contributed by atoms with Crippen LogP contribution in [0.25, 0.3) is 21.7 Å². The average Bonchev–Trinajstić information content (AvgIpc) is 2.74. The number of hydrogen-bond acceptors (Lipinski definition) is 4. The first-order chi connectivity index (χ1) is 14.5. The Morgan fingerprint density at radius 1 is 1.07 bits per heavy atom. The molecule has 1 heterocycles. The first-order valence-corrected chi connectivity index (χ1v) is 10.4. The van der Waals surface area contributed by atoms with E-state index in [9.17, 15) is 4.79 Å². The number of aryl methyl sites for hydroxylation is 1. The van der Waals surface area contributed by atoms with Gasteiger partial charge in [-0.15, -0.1) is 0 Å². The number of pyridine rings is 1. The van der Waals surface area contributed by atoms with E-state index in [1.165, 1.54) is 7.11 Å². The molecule has 0 aliphatic heterocycles. The number of thiocarbonyl (C=S) groups is 1. The number of benzene rings is 3. The van der Waals surface area contributed by atoms with Gasteiger partial charge in [-0.2, -0.15) is 0 Å². The van der Waals surface area contributed by atoms with E-state index in [4.69, 9.17) is 17.0 Å². The highest BCUT2D eigenvalue weighted by atomic mass is 79.9. The van der Waals surface area contributed by atoms with E-state index in [-0.39, 0.29) is 11.0 Å². The predicted octanol–water partition coefficient (Wildman–Crippen LogP) is 5.59. The van der Waals surface area contributed by atoms with Gasteiger partial charge in [-0.05, 0) is 64.0 Å². The molecule has 0 fully saturated rings. The van der Waals surface area contributed by atoms with Crippen molar-refractivity contribution in [3.63, 3.8) is 0 Å². The molecule has 7 heteroatoms. The maximum Gasteiger partial charge on any atom is 0.261 e. The van der Waals surface area contributed by atoms with Crippen molar-refractivity contribution in [3.8, 4) is 5.75 Å². The summed E-state index contributed by atoms with van der Waals surface area (Å²) in [5.41, 5.74) is 2.81. The minimum Gasteiger partial charge on any atom is -0.495 e. The van der Waals surface area contributed by atoms with Crippen LogP contribution in [0.5, 0.6) is 5.75 Å². The number of nitrogens with one attached hydrogen (secondary N) is 2. The molecule has 0 radical (unpaired) electrons. The highest BCUT2D eigenvalue weighted by Crippen LogP contribution is 2.36. The molecule has 2 N–H and O–H groups in total. The average molecular weight is 480 g/mol. The van der Waals surface area contributed by atoms with Gasteiger partial charge in [0.15, 0.2) is 5.11 Å². The van der Waals surface area contributed by atoms with Gasteiger partial charge < -0.3 is 10.1 Å². The maximum atomic E-state index is 13.0. The number of rotatable bonds is 3. The molecular formula is C23H18BrN3O2S. The zero-order chi connectivity index (χ0) is 21.3. The summed E-state index contributed by atoms with van der Waals surface area (Å²) < 4.78 is 6.22. The van der Waals surface area contributed by atoms with Gasteiger partial charge in [0.05, 0.1) is 28.4 Å². The Kier molecular flexibility index (Phi) is 5.65. The number of anilines is 1. The van der Waals surface area contributed by atoms with Gasteiger partial charge in [-0.1, -0.05) is 42.5 Å². The molecule has 1 amide bonds. The van der Waals surface area contributed by atoms with Gasteiger partial charge in [-0.25, -0.2) is 0 Å². The van der Waals surface area contributed by atoms with Crippen LogP contribution in [0, 0.1) is 6.92 Å². The Balaban J connectivity index is 1.62. The molecule has 0 aliphatic carbocycles. The van der Waals surface area contributed by atoms with Crippen LogP contribution in [0.4, 0.5) is 5.69 Å². The van der Waals surface area contributed by atoms with E-state index in [1.807, 2.05) is 61.5 Å². The predicted molar refractivity (Wildman–Crippen MR) is 128 cm³/mol. The van der Waals surface area contributed by atoms with E-state index in [2.05, 4.69) is 31.5 Å². The third-order valence-corrected chi connectivity index (χ3v) is 5.72. The van der Waals surface area contributed by atoms with Crippen LogP contribution in [-0.4, -0.2) is 23.1 Å². The van der Waals surface area contributed by atoms with Gasteiger partial charge in [0.1, 0.15) is 5.75 Å². The first-order valence-electron chi connectivity index (χ1n) is 9.22. The summed E-state index contributed by atoms with van der Waals surface area (Å²) in [6.45, 7) is 1.93. The van der Waals surface area contributed by atoms with E-state index < -0.39 is 0 Å². The van der Waals surface area contributed by atoms with Crippen LogP contribution >= 0.6 is 28.1 Å². The number of halogens is 1. The summed E-state index contributed by atoms with van der Waals surface area (Å²) in [4.78, 5) is 17.6. The van der Waals surface area contributed by atoms with E-state index in [0.29, 0.717) is 11.3 Å². The molecule has 0 spiro atoms. The second-order valence-corrected chi connectivity index (χ2v) is 7.93. The number of nitrogens with zero attached hydrogens (tertiary/aromatic N) is 1. The molecular weight excluding hydrogens is 462 g/mol. The normalized spacial score (nSPS) is 10.8. The second kappa shape index (κ2) is 8.38. The summed E-state index contributed by atoms with van der Waals surface area (Å²) in [6, 6.07) is 19.3. The fourth-order valence-corrected chi connectivity index (χ4v) is 4.26. The summed E-state index contributed by atoms with van der Waals surface area (Å²) in [5, 5.41) is 8.88. The minimum absolute atomic E-state index is 0.183. The fraction of sp³-hybridized carbons (Fsp3) is 0.0870. The standard InChI is InChI=1S/C23H18BrN3O2S/c1-13-10-11-14-7-5-9-18(20(14)25-13)26-23(30)27-22(28)17-12-15-6-3-4-8-16(15)19(24)21(17)29-2/h3-12H,1-2H3,(H2,26,27,28,30). The van der Waals surface area contributed by atoms with Crippen LogP contribution in [0.15, 0.2) is 65.1 Å². The number of aromatic nitrogens is 1. The number of para-hydroxylation sites is 1. The molecule has 150 valence electrons. The van der Waals surface area contributed by atoms with Crippen molar-refractivity contribution in [2.24, 2.45) is 0 Å². The third-order valence-electron chi connectivity index (χ3n) is 4.72. The van der Waals surface area contributed by atoms with Gasteiger partial charge in [-0.3, -0.25) is 15.1 Å². The molecule has 0 unspecified atom stereocenters. The Bertz CT molecular complexity index is 1310. The van der Waals surface area contributed by atoms with Crippen molar-refractivity contribution in [2.45, 2.75) is 6.92 Å². The van der Waals surface area contributed by atoms with Crippen LogP contribution < -0.4 is 15.4 Å². The SMILES string of the molecule is COc1c(C(=O)NC(=S)Nc2cccc3ccc(C)nc23)cc2ccccc2c1Br. The second-order valence-electron chi connectivity index (χ2n) is 6.73. The minimum atomic E-state index is -0.361. The van der Waals surface area contributed by atoms with E-state index >= 15 is 0 Å². The molecule has 0 saturated carbocycles. The Morgan fingerprint density at radius 3 is 2.63 bits per heavy atom. The molecule has 5 nitrogen and oxygen atoms in total. The van der Waals surface area contributed by atoms with Gasteiger partial charge in [0, 0.05) is 11.1 Å². The van der Waals surface area contributed by atoms with Crippen molar-refractivity contribution in [1.29, 1.82) is 0 Å². The van der Waals surface area contributed by atoms with Crippen molar-refractivity contribution >= 4 is 66.5 Å². The van der Waals surface area contributed by atoms with E-state index in [0.717, 1.165) is 37.5 Å². The highest BCUT2D eigenvalue weighted by molar-refractivity contribution is 9.10. The van der Waals surface area contributed by atoms with Crippen molar-refractivity contribution in [2.75, 3.05) is 12.4 Å². The summed E-state index contributed by atoms with van der Waals surface area (Å²) in [7, 11) is 1.53. The molecule has 0 atom stereocenters. The van der Waals surface area contributed by atoms with Crippen LogP contribution in [0.3, 0.4) is 0 Å². The largest absolute Gasteiger partial charge is 0.495 e. The lowest BCUT2D eigenvalue weighted by Gasteiger charge is -2.15. The lowest BCUT2D eigenvalue weighted by atomic mass is 10.1. The lowest BCUT2D eigenvalue weighted by Crippen LogP contribution is -2.34. The third kappa shape index (κ3) is 3.86. The van der Waals surface area contributed by atoms with Crippen LogP contribution in [-0.2, 0) is 0 Å². The van der Waals surface area contributed by atoms with Crippen molar-refractivity contribution < 1.29 is 9.53 Å². The molecule has 0 aliphatic rings. The monoisotopic (exact) mass is 479 g/mol. The zero-order valence-corrected chi connectivity index (χ0v) is 18.7. The summed E-state index contributed by atoms with van der Waals surface area (Å²) in [5.74, 6) is 0.0941. The molecule has 4 rings (SSSR count). The molecule has 3 aromatic carbocycles. The molecule has 0 bridgehead atoms. The van der Waals surface area contributed by atoms with Crippen molar-refractivity contribution in [3.05, 3.63) is 76.4 Å². The topological polar surface area (TPSA) is 63.2 Å². The Morgan fingerprint density at radius 2 is 1.83 bits per heavy atom. The number of ether oxygens (including phenoxy) is 1. The number of methoxy groups -OCH3 is 1. The van der Waals surface area contributed by atoms with Gasteiger partial charge in [0.2, 0.25) is 0 Å². The van der Waals surface area contributed by atoms with Gasteiger partial charge >= 0.3 is 0 Å². The summed E-state index contributed by atoms with van der Waals surface area (Å²) in [6.07, 6.45) is 0. The molecule has 4 aromatic rings.